The molecule has 26 heavy (non-hydrogen) atoms. The molecule has 0 bridgehead atoms. The quantitative estimate of drug-likeness (QED) is 0.324. The Morgan fingerprint density at radius 3 is 2.12 bits per heavy atom. The monoisotopic (exact) mass is 356 g/mol. The third-order valence-electron chi connectivity index (χ3n) is 3.47. The first-order chi connectivity index (χ1) is 12.4. The van der Waals surface area contributed by atoms with E-state index in [1.54, 1.807) is 42.5 Å². The molecule has 0 heterocycles. The summed E-state index contributed by atoms with van der Waals surface area (Å²) in [6, 6.07) is 10.1. The Labute approximate surface area is 151 Å². The Balaban J connectivity index is 2.15. The van der Waals surface area contributed by atoms with Gasteiger partial charge in [-0.25, -0.2) is 0 Å². The molecule has 0 aliphatic rings. The molecule has 6 nitrogen and oxygen atoms in total. The van der Waals surface area contributed by atoms with Crippen molar-refractivity contribution >= 4 is 17.8 Å². The molecule has 0 radical (unpaired) electrons. The summed E-state index contributed by atoms with van der Waals surface area (Å²) in [6.45, 7) is 2.81. The van der Waals surface area contributed by atoms with Gasteiger partial charge in [-0.2, -0.15) is 0 Å². The maximum Gasteiger partial charge on any atom is 0.308 e. The first-order valence-electron chi connectivity index (χ1n) is 7.83. The second-order valence-electron chi connectivity index (χ2n) is 5.35. The summed E-state index contributed by atoms with van der Waals surface area (Å²) in [5.41, 5.74) is 1.33. The van der Waals surface area contributed by atoms with Crippen LogP contribution in [0.2, 0.25) is 0 Å². The van der Waals surface area contributed by atoms with E-state index in [0.717, 1.165) is 5.56 Å². The Kier molecular flexibility index (Phi) is 6.38. The average molecular weight is 356 g/mol. The lowest BCUT2D eigenvalue weighted by molar-refractivity contribution is -0.132. The highest BCUT2D eigenvalue weighted by Gasteiger charge is 2.09. The van der Waals surface area contributed by atoms with Gasteiger partial charge in [0.2, 0.25) is 0 Å². The largest absolute Gasteiger partial charge is 0.493 e. The van der Waals surface area contributed by atoms with Gasteiger partial charge >= 0.3 is 5.97 Å². The number of benzene rings is 2. The lowest BCUT2D eigenvalue weighted by atomic mass is 10.1. The average Bonchev–Trinajstić information content (AvgIpc) is 2.62. The van der Waals surface area contributed by atoms with Crippen LogP contribution >= 0.6 is 0 Å². The van der Waals surface area contributed by atoms with Gasteiger partial charge in [-0.3, -0.25) is 9.59 Å². The normalized spacial score (nSPS) is 10.5. The van der Waals surface area contributed by atoms with E-state index >= 15 is 0 Å². The van der Waals surface area contributed by atoms with Gasteiger partial charge in [0.1, 0.15) is 0 Å². The zero-order valence-electron chi connectivity index (χ0n) is 15.1. The molecular weight excluding hydrogens is 336 g/mol. The highest BCUT2D eigenvalue weighted by molar-refractivity contribution is 5.94. The number of methoxy groups -OCH3 is 2. The maximum atomic E-state index is 11.4. The van der Waals surface area contributed by atoms with Crippen LogP contribution in [0.5, 0.6) is 23.0 Å². The van der Waals surface area contributed by atoms with Crippen LogP contribution in [-0.4, -0.2) is 26.0 Å². The molecule has 0 atom stereocenters. The molecule has 0 aliphatic heterocycles. The topological polar surface area (TPSA) is 71.1 Å². The molecular formula is C20H20O6. The van der Waals surface area contributed by atoms with Crippen molar-refractivity contribution in [2.45, 2.75) is 13.8 Å². The number of rotatable bonds is 7. The van der Waals surface area contributed by atoms with E-state index < -0.39 is 5.97 Å². The van der Waals surface area contributed by atoms with Crippen LogP contribution in [0.1, 0.15) is 29.8 Å². The molecule has 2 aromatic carbocycles. The van der Waals surface area contributed by atoms with Gasteiger partial charge in [0.15, 0.2) is 28.8 Å². The summed E-state index contributed by atoms with van der Waals surface area (Å²) in [6.07, 6.45) is 3.21. The number of carbonyl (C=O) groups excluding carboxylic acids is 2. The molecule has 0 N–H and O–H groups in total. The minimum atomic E-state index is -0.420. The van der Waals surface area contributed by atoms with E-state index in [-0.39, 0.29) is 5.78 Å². The number of ether oxygens (including phenoxy) is 4. The van der Waals surface area contributed by atoms with Crippen LogP contribution in [0.25, 0.3) is 6.08 Å². The van der Waals surface area contributed by atoms with Gasteiger partial charge < -0.3 is 18.9 Å². The fraction of sp³-hybridized carbons (Fsp3) is 0.200. The van der Waals surface area contributed by atoms with Crippen LogP contribution in [0.4, 0.5) is 0 Å². The van der Waals surface area contributed by atoms with E-state index in [1.165, 1.54) is 34.3 Å². The third kappa shape index (κ3) is 4.86. The van der Waals surface area contributed by atoms with Crippen molar-refractivity contribution in [3.05, 3.63) is 53.8 Å². The van der Waals surface area contributed by atoms with Crippen molar-refractivity contribution in [2.75, 3.05) is 14.2 Å². The molecule has 2 rings (SSSR count). The first kappa shape index (κ1) is 19.1. The summed E-state index contributed by atoms with van der Waals surface area (Å²) >= 11 is 0. The van der Waals surface area contributed by atoms with Crippen LogP contribution in [0, 0.1) is 0 Å². The van der Waals surface area contributed by atoms with Crippen LogP contribution in [0.3, 0.4) is 0 Å². The molecule has 0 fully saturated rings. The minimum absolute atomic E-state index is 0.0506. The number of carbonyl (C=O) groups is 2. The molecule has 0 saturated heterocycles. The van der Waals surface area contributed by atoms with E-state index in [9.17, 15) is 9.59 Å². The highest BCUT2D eigenvalue weighted by atomic mass is 16.6. The second-order valence-corrected chi connectivity index (χ2v) is 5.35. The summed E-state index contributed by atoms with van der Waals surface area (Å²) in [5.74, 6) is 1.26. The molecule has 0 saturated carbocycles. The maximum absolute atomic E-state index is 11.4. The molecule has 0 unspecified atom stereocenters. The van der Waals surface area contributed by atoms with Gasteiger partial charge in [-0.15, -0.1) is 0 Å². The van der Waals surface area contributed by atoms with Crippen molar-refractivity contribution < 1.29 is 28.5 Å². The van der Waals surface area contributed by atoms with Gasteiger partial charge in [0, 0.05) is 12.5 Å². The number of hydrogen-bond donors (Lipinski definition) is 0. The molecule has 0 aliphatic carbocycles. The van der Waals surface area contributed by atoms with Crippen molar-refractivity contribution in [3.63, 3.8) is 0 Å². The van der Waals surface area contributed by atoms with Crippen LogP contribution in [-0.2, 0) is 4.79 Å². The van der Waals surface area contributed by atoms with Gasteiger partial charge in [-0.05, 0) is 48.9 Å². The van der Waals surface area contributed by atoms with Crippen molar-refractivity contribution in [2.24, 2.45) is 0 Å². The van der Waals surface area contributed by atoms with Crippen molar-refractivity contribution in [1.82, 2.24) is 0 Å². The van der Waals surface area contributed by atoms with Crippen LogP contribution in [0.15, 0.2) is 42.7 Å². The molecule has 0 aromatic heterocycles. The summed E-state index contributed by atoms with van der Waals surface area (Å²) in [7, 11) is 3.00. The standard InChI is InChI=1S/C20H20O6/c1-13(21)16-6-8-17(20(12-16)24-4)25-10-9-15-5-7-18(26-14(2)22)19(11-15)23-3/h5-12H,1-4H3. The fourth-order valence-electron chi connectivity index (χ4n) is 2.20. The summed E-state index contributed by atoms with van der Waals surface area (Å²) in [5, 5.41) is 0. The lowest BCUT2D eigenvalue weighted by Gasteiger charge is -2.09. The van der Waals surface area contributed by atoms with E-state index in [2.05, 4.69) is 0 Å². The summed E-state index contributed by atoms with van der Waals surface area (Å²) < 4.78 is 21.1. The number of Topliss-reactive ketones (excluding diaryl/α,β-unsaturated/α-hetero) is 1. The Morgan fingerprint density at radius 2 is 1.50 bits per heavy atom. The fourth-order valence-corrected chi connectivity index (χ4v) is 2.20. The Morgan fingerprint density at radius 1 is 0.846 bits per heavy atom. The molecule has 0 amide bonds. The number of ketones is 1. The predicted molar refractivity (Wildman–Crippen MR) is 97.0 cm³/mol. The van der Waals surface area contributed by atoms with Crippen LogP contribution < -0.4 is 18.9 Å². The molecule has 0 spiro atoms. The Hall–Kier alpha value is -3.28. The van der Waals surface area contributed by atoms with E-state index in [4.69, 9.17) is 18.9 Å². The third-order valence-corrected chi connectivity index (χ3v) is 3.47. The van der Waals surface area contributed by atoms with Gasteiger partial charge in [0.25, 0.3) is 0 Å². The number of esters is 1. The summed E-state index contributed by atoms with van der Waals surface area (Å²) in [4.78, 5) is 22.5. The molecule has 136 valence electrons. The van der Waals surface area contributed by atoms with E-state index in [0.29, 0.717) is 28.6 Å². The van der Waals surface area contributed by atoms with E-state index in [1.807, 2.05) is 0 Å². The van der Waals surface area contributed by atoms with Crippen molar-refractivity contribution in [3.8, 4) is 23.0 Å². The van der Waals surface area contributed by atoms with Gasteiger partial charge in [-0.1, -0.05) is 6.07 Å². The zero-order valence-corrected chi connectivity index (χ0v) is 15.1. The SMILES string of the molecule is COc1cc(C(C)=O)ccc1OC=Cc1ccc(OC(C)=O)c(OC)c1. The second kappa shape index (κ2) is 8.71. The zero-order chi connectivity index (χ0) is 19.1. The van der Waals surface area contributed by atoms with Crippen molar-refractivity contribution in [1.29, 1.82) is 0 Å². The minimum Gasteiger partial charge on any atom is -0.493 e. The lowest BCUT2D eigenvalue weighted by Crippen LogP contribution is -2.03. The highest BCUT2D eigenvalue weighted by Crippen LogP contribution is 2.30. The first-order valence-corrected chi connectivity index (χ1v) is 7.83. The molecule has 2 aromatic rings. The Bertz CT molecular complexity index is 838. The predicted octanol–water partition coefficient (Wildman–Crippen LogP) is 3.88. The molecule has 6 heteroatoms. The van der Waals surface area contributed by atoms with Gasteiger partial charge in [0.05, 0.1) is 20.5 Å². The number of hydrogen-bond acceptors (Lipinski definition) is 6. The smallest absolute Gasteiger partial charge is 0.308 e.